The van der Waals surface area contributed by atoms with E-state index in [4.69, 9.17) is 22.1 Å². The molecule has 6 heteroatoms. The van der Waals surface area contributed by atoms with Gasteiger partial charge in [-0.25, -0.2) is 0 Å². The van der Waals surface area contributed by atoms with Gasteiger partial charge >= 0.3 is 0 Å². The van der Waals surface area contributed by atoms with Crippen molar-refractivity contribution in [3.05, 3.63) is 52.0 Å². The van der Waals surface area contributed by atoms with E-state index in [0.717, 1.165) is 0 Å². The average molecular weight is 303 g/mol. The maximum Gasteiger partial charge on any atom is 0.259 e. The summed E-state index contributed by atoms with van der Waals surface area (Å²) < 4.78 is 5.80. The second kappa shape index (κ2) is 4.79. The summed E-state index contributed by atoms with van der Waals surface area (Å²) in [5.74, 6) is -0.333. The van der Waals surface area contributed by atoms with E-state index in [9.17, 15) is 9.59 Å². The van der Waals surface area contributed by atoms with Crippen LogP contribution in [-0.4, -0.2) is 11.8 Å². The van der Waals surface area contributed by atoms with Crippen molar-refractivity contribution >= 4 is 29.1 Å². The molecule has 0 aromatic heterocycles. The molecule has 0 bridgehead atoms. The highest BCUT2D eigenvalue weighted by Gasteiger charge is 2.26. The Morgan fingerprint density at radius 2 is 2.05 bits per heavy atom. The van der Waals surface area contributed by atoms with Gasteiger partial charge in [-0.05, 0) is 25.1 Å². The van der Waals surface area contributed by atoms with E-state index in [1.807, 2.05) is 0 Å². The monoisotopic (exact) mass is 302 g/mol. The fraction of sp³-hybridized carbons (Fsp3) is 0.0667. The van der Waals surface area contributed by atoms with Gasteiger partial charge in [0, 0.05) is 10.6 Å². The number of carbonyl (C=O) groups is 2. The van der Waals surface area contributed by atoms with Gasteiger partial charge in [-0.3, -0.25) is 9.59 Å². The largest absolute Gasteiger partial charge is 0.454 e. The maximum atomic E-state index is 12.3. The van der Waals surface area contributed by atoms with Gasteiger partial charge in [0.15, 0.2) is 5.75 Å². The molecule has 0 unspecified atom stereocenters. The molecule has 1 aliphatic heterocycles. The number of nitrogens with two attached hydrogens (primary N) is 1. The molecule has 0 aliphatic carbocycles. The molecule has 0 radical (unpaired) electrons. The Labute approximate surface area is 125 Å². The van der Waals surface area contributed by atoms with Crippen molar-refractivity contribution in [3.63, 3.8) is 0 Å². The summed E-state index contributed by atoms with van der Waals surface area (Å²) in [6.07, 6.45) is 0. The number of ether oxygens (including phenoxy) is 1. The van der Waals surface area contributed by atoms with Gasteiger partial charge in [0.1, 0.15) is 5.75 Å². The Balaban J connectivity index is 2.30. The maximum absolute atomic E-state index is 12.3. The lowest BCUT2D eigenvalue weighted by atomic mass is 10.1. The summed E-state index contributed by atoms with van der Waals surface area (Å²) >= 11 is 6.11. The lowest BCUT2D eigenvalue weighted by Crippen LogP contribution is -2.17. The topological polar surface area (TPSA) is 81.4 Å². The van der Waals surface area contributed by atoms with Crippen LogP contribution in [-0.2, 0) is 0 Å². The van der Waals surface area contributed by atoms with Gasteiger partial charge in [0.05, 0.1) is 16.8 Å². The van der Waals surface area contributed by atoms with Crippen molar-refractivity contribution in [1.29, 1.82) is 0 Å². The first-order valence-corrected chi connectivity index (χ1v) is 6.58. The minimum atomic E-state index is -0.692. The lowest BCUT2D eigenvalue weighted by Gasteiger charge is -2.14. The van der Waals surface area contributed by atoms with Gasteiger partial charge in [-0.2, -0.15) is 0 Å². The highest BCUT2D eigenvalue weighted by molar-refractivity contribution is 6.32. The molecule has 2 aromatic carbocycles. The molecular weight excluding hydrogens is 292 g/mol. The average Bonchev–Trinajstić information content (AvgIpc) is 2.60. The molecule has 0 fully saturated rings. The highest BCUT2D eigenvalue weighted by Crippen LogP contribution is 2.42. The smallest absolute Gasteiger partial charge is 0.259 e. The molecule has 3 rings (SSSR count). The molecule has 0 saturated carbocycles. The fourth-order valence-electron chi connectivity index (χ4n) is 2.21. The van der Waals surface area contributed by atoms with Crippen molar-refractivity contribution in [2.24, 2.45) is 5.73 Å². The number of primary amides is 1. The molecule has 2 aromatic rings. The van der Waals surface area contributed by atoms with Crippen LogP contribution in [0.1, 0.15) is 26.3 Å². The van der Waals surface area contributed by atoms with Crippen molar-refractivity contribution < 1.29 is 14.3 Å². The summed E-state index contributed by atoms with van der Waals surface area (Å²) in [5, 5.41) is 3.02. The molecule has 1 aliphatic rings. The van der Waals surface area contributed by atoms with Gasteiger partial charge < -0.3 is 15.8 Å². The van der Waals surface area contributed by atoms with Crippen LogP contribution in [0.5, 0.6) is 11.5 Å². The summed E-state index contributed by atoms with van der Waals surface area (Å²) in [7, 11) is 0. The van der Waals surface area contributed by atoms with E-state index in [2.05, 4.69) is 5.32 Å². The first-order valence-electron chi connectivity index (χ1n) is 6.20. The van der Waals surface area contributed by atoms with E-state index in [-0.39, 0.29) is 17.2 Å². The van der Waals surface area contributed by atoms with Crippen LogP contribution in [0.2, 0.25) is 5.02 Å². The molecule has 0 spiro atoms. The van der Waals surface area contributed by atoms with E-state index in [1.54, 1.807) is 31.2 Å². The molecule has 0 saturated heterocycles. The van der Waals surface area contributed by atoms with E-state index in [1.165, 1.54) is 6.07 Å². The van der Waals surface area contributed by atoms with Crippen molar-refractivity contribution in [1.82, 2.24) is 0 Å². The number of rotatable bonds is 1. The molecule has 5 nitrogen and oxygen atoms in total. The second-order valence-electron chi connectivity index (χ2n) is 4.65. The van der Waals surface area contributed by atoms with Gasteiger partial charge in [0.25, 0.3) is 11.8 Å². The van der Waals surface area contributed by atoms with Crippen LogP contribution in [0.25, 0.3) is 0 Å². The number of fused-ring (bicyclic) bond motifs is 2. The lowest BCUT2D eigenvalue weighted by molar-refractivity contribution is 0.100. The summed E-state index contributed by atoms with van der Waals surface area (Å²) in [5.41, 5.74) is 6.70. The third kappa shape index (κ3) is 2.11. The first-order chi connectivity index (χ1) is 9.99. The zero-order chi connectivity index (χ0) is 15.1. The number of hydrogen-bond donors (Lipinski definition) is 2. The van der Waals surface area contributed by atoms with Crippen LogP contribution >= 0.6 is 11.6 Å². The number of para-hydroxylation sites is 1. The van der Waals surface area contributed by atoms with Crippen molar-refractivity contribution in [2.45, 2.75) is 6.92 Å². The van der Waals surface area contributed by atoms with Crippen molar-refractivity contribution in [3.8, 4) is 11.5 Å². The molecule has 2 amide bonds. The molecular formula is C15H11ClN2O3. The number of carbonyl (C=O) groups excluding carboxylic acids is 2. The zero-order valence-electron chi connectivity index (χ0n) is 11.1. The number of benzene rings is 2. The minimum absolute atomic E-state index is 0.113. The molecule has 1 heterocycles. The van der Waals surface area contributed by atoms with Crippen LogP contribution in [0.3, 0.4) is 0 Å². The standard InChI is InChI=1S/C15H11ClN2O3/c1-7-10(16)6-9(14(17)19)12-13(7)21-11-5-3-2-4-8(11)15(20)18-12/h2-6H,1H3,(H2,17,19)(H,18,20). The van der Waals surface area contributed by atoms with Crippen LogP contribution in [0, 0.1) is 6.92 Å². The Morgan fingerprint density at radius 1 is 1.33 bits per heavy atom. The normalized spacial score (nSPS) is 12.6. The van der Waals surface area contributed by atoms with E-state index >= 15 is 0 Å². The molecule has 21 heavy (non-hydrogen) atoms. The minimum Gasteiger partial charge on any atom is -0.454 e. The number of nitrogens with one attached hydrogen (secondary N) is 1. The first kappa shape index (κ1) is 13.5. The van der Waals surface area contributed by atoms with E-state index < -0.39 is 5.91 Å². The number of hydrogen-bond acceptors (Lipinski definition) is 3. The molecule has 106 valence electrons. The summed E-state index contributed by atoms with van der Waals surface area (Å²) in [6.45, 7) is 1.74. The fourth-order valence-corrected chi connectivity index (χ4v) is 2.40. The summed E-state index contributed by atoms with van der Waals surface area (Å²) in [4.78, 5) is 23.8. The van der Waals surface area contributed by atoms with Crippen LogP contribution in [0.15, 0.2) is 30.3 Å². The number of halogens is 1. The Hall–Kier alpha value is -2.53. The van der Waals surface area contributed by atoms with Gasteiger partial charge in [-0.1, -0.05) is 23.7 Å². The predicted molar refractivity (Wildman–Crippen MR) is 79.2 cm³/mol. The zero-order valence-corrected chi connectivity index (χ0v) is 11.8. The Bertz CT molecular complexity index is 787. The van der Waals surface area contributed by atoms with Crippen LogP contribution in [0.4, 0.5) is 5.69 Å². The van der Waals surface area contributed by atoms with Crippen LogP contribution < -0.4 is 15.8 Å². The number of anilines is 1. The third-order valence-corrected chi connectivity index (χ3v) is 3.71. The predicted octanol–water partition coefficient (Wildman–Crippen LogP) is 3.11. The summed E-state index contributed by atoms with van der Waals surface area (Å²) in [6, 6.07) is 8.22. The Morgan fingerprint density at radius 3 is 2.76 bits per heavy atom. The third-order valence-electron chi connectivity index (χ3n) is 3.31. The van der Waals surface area contributed by atoms with Crippen molar-refractivity contribution in [2.75, 3.05) is 5.32 Å². The van der Waals surface area contributed by atoms with Gasteiger partial charge in [-0.15, -0.1) is 0 Å². The second-order valence-corrected chi connectivity index (χ2v) is 5.06. The Kier molecular flexibility index (Phi) is 3.07. The SMILES string of the molecule is Cc1c(Cl)cc(C(N)=O)c2c1Oc1ccccc1C(=O)N2. The highest BCUT2D eigenvalue weighted by atomic mass is 35.5. The molecule has 3 N–H and O–H groups in total. The number of amides is 2. The molecule has 0 atom stereocenters. The quantitative estimate of drug-likeness (QED) is 0.849. The van der Waals surface area contributed by atoms with Gasteiger partial charge in [0.2, 0.25) is 0 Å². The van der Waals surface area contributed by atoms with E-state index in [0.29, 0.717) is 27.6 Å².